The number of benzene rings is 2. The Bertz CT molecular complexity index is 3010. The van der Waals surface area contributed by atoms with Gasteiger partial charge in [-0.2, -0.15) is 47.1 Å². The highest BCUT2D eigenvalue weighted by molar-refractivity contribution is 9.10. The molecule has 0 amide bonds. The molecule has 0 aliphatic rings. The summed E-state index contributed by atoms with van der Waals surface area (Å²) < 4.78 is 92.8. The largest absolute Gasteiger partial charge is 0.449 e. The Morgan fingerprint density at radius 2 is 1.11 bits per heavy atom. The SMILES string of the molecule is CN(C)c1cc(Cn2cnc(C(F)(F)F)c(Oc3cc(Cl)cc(C#N)c3)c2=O)n[nH]c1=O.N#Cc1cc(Cl)cc(Oc2c(C(F)(F)F)ncn(Cc3cc(Br)c(=O)[nH]n3)c2=O)c1. The maximum atomic E-state index is 13.5. The van der Waals surface area contributed by atoms with Gasteiger partial charge in [-0.05, 0) is 64.5 Å². The third-order valence-electron chi connectivity index (χ3n) is 7.77. The fourth-order valence-electron chi connectivity index (χ4n) is 5.06. The molecule has 62 heavy (non-hydrogen) atoms. The Hall–Kier alpha value is -7.02. The summed E-state index contributed by atoms with van der Waals surface area (Å²) in [5.74, 6) is -2.68. The van der Waals surface area contributed by atoms with Crippen molar-refractivity contribution in [1.29, 1.82) is 10.5 Å². The zero-order valence-corrected chi connectivity index (χ0v) is 34.2. The lowest BCUT2D eigenvalue weighted by molar-refractivity contribution is -0.143. The topological polar surface area (TPSA) is 231 Å². The average Bonchev–Trinajstić information content (AvgIpc) is 3.18. The van der Waals surface area contributed by atoms with E-state index in [0.29, 0.717) is 12.7 Å². The predicted octanol–water partition coefficient (Wildman–Crippen LogP) is 6.25. The van der Waals surface area contributed by atoms with Crippen molar-refractivity contribution in [2.75, 3.05) is 19.0 Å². The first-order valence-corrected chi connectivity index (χ1v) is 18.2. The van der Waals surface area contributed by atoms with Crippen LogP contribution >= 0.6 is 39.1 Å². The van der Waals surface area contributed by atoms with Gasteiger partial charge in [-0.15, -0.1) is 0 Å². The van der Waals surface area contributed by atoms with Crippen LogP contribution in [-0.2, 0) is 25.4 Å². The second-order valence-corrected chi connectivity index (χ2v) is 14.2. The van der Waals surface area contributed by atoms with Gasteiger partial charge in [0.1, 0.15) is 17.2 Å². The average molecular weight is 969 g/mol. The Labute approximate surface area is 360 Å². The van der Waals surface area contributed by atoms with Crippen molar-refractivity contribution in [3.05, 3.63) is 151 Å². The van der Waals surface area contributed by atoms with Crippen molar-refractivity contribution in [1.82, 2.24) is 39.5 Å². The first-order chi connectivity index (χ1) is 29.1. The lowest BCUT2D eigenvalue weighted by atomic mass is 10.2. The Kier molecular flexibility index (Phi) is 13.9. The van der Waals surface area contributed by atoms with Gasteiger partial charge < -0.3 is 14.4 Å². The number of hydrogen-bond acceptors (Lipinski definition) is 13. The molecular formula is C36H22BrCl2F6N11O6. The number of H-pyrrole nitrogens is 2. The molecule has 0 aliphatic heterocycles. The van der Waals surface area contributed by atoms with Gasteiger partial charge in [0.2, 0.25) is 11.5 Å². The summed E-state index contributed by atoms with van der Waals surface area (Å²) >= 11 is 14.7. The van der Waals surface area contributed by atoms with E-state index in [1.165, 1.54) is 29.2 Å². The molecule has 26 heteroatoms. The number of alkyl halides is 6. The number of aromatic nitrogens is 8. The van der Waals surface area contributed by atoms with Crippen LogP contribution in [0.3, 0.4) is 0 Å². The summed E-state index contributed by atoms with van der Waals surface area (Å²) in [4.78, 5) is 56.9. The Morgan fingerprint density at radius 1 is 0.694 bits per heavy atom. The molecule has 0 atom stereocenters. The molecule has 0 saturated heterocycles. The lowest BCUT2D eigenvalue weighted by Gasteiger charge is -2.15. The van der Waals surface area contributed by atoms with E-state index >= 15 is 0 Å². The second kappa shape index (κ2) is 18.7. The molecule has 17 nitrogen and oxygen atoms in total. The summed E-state index contributed by atoms with van der Waals surface area (Å²) in [6.07, 6.45) is -8.57. The number of halogens is 9. The van der Waals surface area contributed by atoms with E-state index < -0.39 is 57.5 Å². The highest BCUT2D eigenvalue weighted by atomic mass is 79.9. The van der Waals surface area contributed by atoms with Crippen LogP contribution in [0, 0.1) is 22.7 Å². The van der Waals surface area contributed by atoms with E-state index in [9.17, 15) is 45.5 Å². The minimum absolute atomic E-state index is 0.0255. The second-order valence-electron chi connectivity index (χ2n) is 12.5. The minimum Gasteiger partial charge on any atom is -0.449 e. The normalized spacial score (nSPS) is 11.2. The molecule has 0 radical (unpaired) electrons. The van der Waals surface area contributed by atoms with E-state index in [1.807, 2.05) is 0 Å². The Balaban J connectivity index is 0.000000235. The monoisotopic (exact) mass is 967 g/mol. The van der Waals surface area contributed by atoms with Gasteiger partial charge in [-0.3, -0.25) is 28.3 Å². The zero-order valence-electron chi connectivity index (χ0n) is 31.1. The molecule has 6 aromatic rings. The third-order valence-corrected chi connectivity index (χ3v) is 8.79. The fraction of sp³-hybridized carbons (Fsp3) is 0.167. The van der Waals surface area contributed by atoms with Crippen molar-refractivity contribution in [3.8, 4) is 35.1 Å². The molecule has 2 aromatic carbocycles. The number of anilines is 1. The Morgan fingerprint density at radius 3 is 1.50 bits per heavy atom. The number of aromatic amines is 2. The molecule has 4 aromatic heterocycles. The summed E-state index contributed by atoms with van der Waals surface area (Å²) in [5.41, 5.74) is -5.73. The predicted molar refractivity (Wildman–Crippen MR) is 209 cm³/mol. The van der Waals surface area contributed by atoms with Gasteiger partial charge in [-0.25, -0.2) is 20.2 Å². The van der Waals surface area contributed by atoms with Crippen molar-refractivity contribution in [2.24, 2.45) is 0 Å². The zero-order chi connectivity index (χ0) is 45.7. The maximum Gasteiger partial charge on any atom is 0.437 e. The minimum atomic E-state index is -4.99. The summed E-state index contributed by atoms with van der Waals surface area (Å²) in [5, 5.41) is 30.0. The summed E-state index contributed by atoms with van der Waals surface area (Å²) in [7, 11) is 3.24. The van der Waals surface area contributed by atoms with Crippen molar-refractivity contribution in [3.63, 3.8) is 0 Å². The van der Waals surface area contributed by atoms with E-state index in [0.717, 1.165) is 33.4 Å². The van der Waals surface area contributed by atoms with Crippen LogP contribution in [-0.4, -0.2) is 53.6 Å². The number of nitriles is 2. The quantitative estimate of drug-likeness (QED) is 0.153. The molecular weight excluding hydrogens is 947 g/mol. The van der Waals surface area contributed by atoms with E-state index in [-0.39, 0.29) is 67.3 Å². The van der Waals surface area contributed by atoms with Crippen LogP contribution in [0.15, 0.2) is 84.8 Å². The van der Waals surface area contributed by atoms with E-state index in [2.05, 4.69) is 46.3 Å². The molecule has 0 spiro atoms. The molecule has 4 heterocycles. The first-order valence-electron chi connectivity index (χ1n) is 16.7. The van der Waals surface area contributed by atoms with E-state index in [4.69, 9.17) is 43.2 Å². The smallest absolute Gasteiger partial charge is 0.437 e. The lowest BCUT2D eigenvalue weighted by Crippen LogP contribution is -2.28. The highest BCUT2D eigenvalue weighted by Gasteiger charge is 2.40. The van der Waals surface area contributed by atoms with Crippen LogP contribution in [0.2, 0.25) is 10.0 Å². The molecule has 0 bridgehead atoms. The maximum absolute atomic E-state index is 13.5. The van der Waals surface area contributed by atoms with Gasteiger partial charge in [-0.1, -0.05) is 23.2 Å². The van der Waals surface area contributed by atoms with Crippen LogP contribution in [0.25, 0.3) is 0 Å². The van der Waals surface area contributed by atoms with E-state index in [1.54, 1.807) is 26.2 Å². The van der Waals surface area contributed by atoms with Gasteiger partial charge in [0.25, 0.3) is 22.2 Å². The number of hydrogen-bond donors (Lipinski definition) is 2. The van der Waals surface area contributed by atoms with Crippen LogP contribution < -0.4 is 36.6 Å². The standard InChI is InChI=1S/C19H14ClF3N6O3.C17H8BrClF3N5O3/c1-28(2)14-6-12(26-27-17(14)30)8-29-9-25-16(19(21,22)23)15(18(29)31)32-13-4-10(7-24)3-11(20)5-13;18-12-4-10(25-26-15(12)28)6-27-7-24-14(17(20,21)22)13(16(27)29)30-11-2-8(5-23)1-9(19)3-11/h3-6,9H,8H2,1-2H3,(H,27,30);1-4,7H,6H2,(H,26,28). The van der Waals surface area contributed by atoms with Crippen LogP contribution in [0.5, 0.6) is 23.0 Å². The van der Waals surface area contributed by atoms with Crippen molar-refractivity contribution >= 4 is 44.8 Å². The number of nitrogens with zero attached hydrogens (tertiary/aromatic N) is 9. The number of nitrogens with one attached hydrogen (secondary N) is 2. The molecule has 2 N–H and O–H groups in total. The van der Waals surface area contributed by atoms with Gasteiger partial charge >= 0.3 is 12.4 Å². The molecule has 320 valence electrons. The molecule has 6 rings (SSSR count). The molecule has 0 unspecified atom stereocenters. The fourth-order valence-corrected chi connectivity index (χ4v) is 5.86. The van der Waals surface area contributed by atoms with Crippen molar-refractivity contribution in [2.45, 2.75) is 25.4 Å². The molecule has 0 aliphatic carbocycles. The van der Waals surface area contributed by atoms with Gasteiger partial charge in [0.05, 0.1) is 64.9 Å². The summed E-state index contributed by atoms with van der Waals surface area (Å²) in [6, 6.07) is 13.4. The highest BCUT2D eigenvalue weighted by Crippen LogP contribution is 2.36. The van der Waals surface area contributed by atoms with Crippen LogP contribution in [0.1, 0.15) is 33.9 Å². The first kappa shape index (κ1) is 46.1. The molecule has 0 fully saturated rings. The summed E-state index contributed by atoms with van der Waals surface area (Å²) in [6.45, 7) is -0.592. The number of ether oxygens (including phenoxy) is 2. The molecule has 0 saturated carbocycles. The van der Waals surface area contributed by atoms with Gasteiger partial charge in [0.15, 0.2) is 11.4 Å². The van der Waals surface area contributed by atoms with Crippen LogP contribution in [0.4, 0.5) is 32.0 Å². The third kappa shape index (κ3) is 11.2. The van der Waals surface area contributed by atoms with Crippen molar-refractivity contribution < 1.29 is 35.8 Å². The number of rotatable bonds is 9. The van der Waals surface area contributed by atoms with Gasteiger partial charge in [0, 0.05) is 24.1 Å².